The van der Waals surface area contributed by atoms with Gasteiger partial charge in [0, 0.05) is 33.5 Å². The molecule has 3 aromatic carbocycles. The summed E-state index contributed by atoms with van der Waals surface area (Å²) < 4.78 is 0. The van der Waals surface area contributed by atoms with Gasteiger partial charge in [-0.05, 0) is 81.9 Å². The summed E-state index contributed by atoms with van der Waals surface area (Å²) in [5, 5.41) is 26.3. The van der Waals surface area contributed by atoms with Crippen molar-refractivity contribution in [1.29, 1.82) is 0 Å². The number of nitrogens with zero attached hydrogens (tertiary/aromatic N) is 1. The van der Waals surface area contributed by atoms with Crippen LogP contribution in [-0.4, -0.2) is 22.0 Å². The predicted molar refractivity (Wildman–Crippen MR) is 163 cm³/mol. The SMILES string of the molecule is Cc1cc(P(c2ccccc2C=NC(C)(C)C)c2cc(C)cc(C(C)(C)C)c2O)c(O)c(C(C)(C)C)c1. The summed E-state index contributed by atoms with van der Waals surface area (Å²) in [6, 6.07) is 16.6. The van der Waals surface area contributed by atoms with Crippen LogP contribution < -0.4 is 15.9 Å². The molecule has 37 heavy (non-hydrogen) atoms. The molecule has 0 heterocycles. The maximum atomic E-state index is 11.8. The summed E-state index contributed by atoms with van der Waals surface area (Å²) in [7, 11) is -1.31. The third-order valence-electron chi connectivity index (χ3n) is 6.33. The third-order valence-corrected chi connectivity index (χ3v) is 8.87. The minimum Gasteiger partial charge on any atom is -0.507 e. The number of hydrogen-bond donors (Lipinski definition) is 2. The van der Waals surface area contributed by atoms with Crippen molar-refractivity contribution >= 4 is 30.0 Å². The van der Waals surface area contributed by atoms with Crippen LogP contribution in [0.25, 0.3) is 0 Å². The Labute approximate surface area is 225 Å². The Morgan fingerprint density at radius 2 is 1.08 bits per heavy atom. The molecule has 0 bridgehead atoms. The van der Waals surface area contributed by atoms with Crippen LogP contribution >= 0.6 is 7.92 Å². The zero-order chi connectivity index (χ0) is 27.9. The molecule has 0 aliphatic rings. The molecule has 3 rings (SSSR count). The van der Waals surface area contributed by atoms with E-state index in [0.29, 0.717) is 11.5 Å². The number of aliphatic imine (C=N–C) groups is 1. The fourth-order valence-corrected chi connectivity index (χ4v) is 7.19. The maximum Gasteiger partial charge on any atom is 0.127 e. The fourth-order valence-electron chi connectivity index (χ4n) is 4.46. The van der Waals surface area contributed by atoms with E-state index >= 15 is 0 Å². The summed E-state index contributed by atoms with van der Waals surface area (Å²) in [5.41, 5.74) is 4.33. The van der Waals surface area contributed by atoms with Gasteiger partial charge in [0.2, 0.25) is 0 Å². The van der Waals surface area contributed by atoms with Crippen LogP contribution in [0.1, 0.15) is 90.1 Å². The van der Waals surface area contributed by atoms with Gasteiger partial charge in [0.05, 0.1) is 5.54 Å². The second-order valence-electron chi connectivity index (χ2n) is 13.2. The van der Waals surface area contributed by atoms with E-state index in [1.165, 1.54) is 0 Å². The van der Waals surface area contributed by atoms with E-state index in [-0.39, 0.29) is 16.4 Å². The smallest absolute Gasteiger partial charge is 0.127 e. The topological polar surface area (TPSA) is 52.8 Å². The van der Waals surface area contributed by atoms with Crippen molar-refractivity contribution < 1.29 is 10.2 Å². The first-order valence-corrected chi connectivity index (χ1v) is 14.4. The van der Waals surface area contributed by atoms with Gasteiger partial charge in [0.15, 0.2) is 0 Å². The molecule has 0 saturated heterocycles. The van der Waals surface area contributed by atoms with Crippen molar-refractivity contribution in [2.45, 2.75) is 92.5 Å². The lowest BCUT2D eigenvalue weighted by Gasteiger charge is -2.30. The second kappa shape index (κ2) is 10.3. The Morgan fingerprint density at radius 1 is 0.649 bits per heavy atom. The van der Waals surface area contributed by atoms with Crippen LogP contribution in [0.3, 0.4) is 0 Å². The molecular weight excluding hydrogens is 473 g/mol. The second-order valence-corrected chi connectivity index (χ2v) is 15.3. The van der Waals surface area contributed by atoms with Crippen molar-refractivity contribution in [2.24, 2.45) is 4.99 Å². The summed E-state index contributed by atoms with van der Waals surface area (Å²) in [5.74, 6) is 0.620. The van der Waals surface area contributed by atoms with Crippen LogP contribution in [0.4, 0.5) is 0 Å². The van der Waals surface area contributed by atoms with Gasteiger partial charge in [-0.25, -0.2) is 0 Å². The van der Waals surface area contributed by atoms with Gasteiger partial charge < -0.3 is 10.2 Å². The molecule has 0 saturated carbocycles. The lowest BCUT2D eigenvalue weighted by Crippen LogP contribution is -2.27. The quantitative estimate of drug-likeness (QED) is 0.282. The van der Waals surface area contributed by atoms with Crippen LogP contribution in [0, 0.1) is 13.8 Å². The highest BCUT2D eigenvalue weighted by Gasteiger charge is 2.31. The Morgan fingerprint density at radius 3 is 1.49 bits per heavy atom. The lowest BCUT2D eigenvalue weighted by atomic mass is 9.85. The Bertz CT molecular complexity index is 1250. The first-order valence-electron chi connectivity index (χ1n) is 13.0. The lowest BCUT2D eigenvalue weighted by molar-refractivity contribution is 0.450. The third kappa shape index (κ3) is 6.63. The molecule has 4 heteroatoms. The average molecular weight is 518 g/mol. The summed E-state index contributed by atoms with van der Waals surface area (Å²) in [6.07, 6.45) is 1.94. The zero-order valence-corrected chi connectivity index (χ0v) is 25.4. The molecule has 0 atom stereocenters. The average Bonchev–Trinajstić information content (AvgIpc) is 2.75. The van der Waals surface area contributed by atoms with Crippen molar-refractivity contribution in [3.63, 3.8) is 0 Å². The molecule has 0 radical (unpaired) electrons. The first kappa shape index (κ1) is 28.9. The number of benzene rings is 3. The van der Waals surface area contributed by atoms with Gasteiger partial charge in [-0.1, -0.05) is 77.9 Å². The van der Waals surface area contributed by atoms with E-state index in [0.717, 1.165) is 43.7 Å². The number of aryl methyl sites for hydroxylation is 2. The van der Waals surface area contributed by atoms with E-state index in [1.807, 2.05) is 18.3 Å². The molecule has 0 fully saturated rings. The molecule has 0 spiro atoms. The number of phenols is 2. The van der Waals surface area contributed by atoms with Gasteiger partial charge in [0.25, 0.3) is 0 Å². The Hall–Kier alpha value is -2.64. The molecule has 198 valence electrons. The first-order chi connectivity index (χ1) is 16.9. The highest BCUT2D eigenvalue weighted by Crippen LogP contribution is 2.45. The predicted octanol–water partition coefficient (Wildman–Crippen LogP) is 7.29. The number of rotatable bonds is 4. The van der Waals surface area contributed by atoms with Crippen LogP contribution in [0.15, 0.2) is 53.5 Å². The number of aromatic hydroxyl groups is 2. The van der Waals surface area contributed by atoms with E-state index in [1.54, 1.807) is 0 Å². The van der Waals surface area contributed by atoms with E-state index < -0.39 is 7.92 Å². The monoisotopic (exact) mass is 517 g/mol. The van der Waals surface area contributed by atoms with Crippen molar-refractivity contribution in [1.82, 2.24) is 0 Å². The molecule has 0 amide bonds. The highest BCUT2D eigenvalue weighted by molar-refractivity contribution is 7.80. The molecule has 0 aromatic heterocycles. The van der Waals surface area contributed by atoms with Crippen molar-refractivity contribution in [3.8, 4) is 11.5 Å². The minimum absolute atomic E-state index is 0.217. The largest absolute Gasteiger partial charge is 0.507 e. The molecule has 3 nitrogen and oxygen atoms in total. The standard InChI is InChI=1S/C33H44NO2P/c1-21-16-24(31(3,4)5)29(35)27(18-21)37(26-15-13-12-14-23(26)20-34-33(9,10)11)28-19-22(2)17-25(30(28)36)32(6,7)8/h12-20,35-36H,1-11H3. The summed E-state index contributed by atoms with van der Waals surface area (Å²) >= 11 is 0. The number of phenolic OH excluding ortho intramolecular Hbond substituents is 2. The van der Waals surface area contributed by atoms with Gasteiger partial charge in [0.1, 0.15) is 11.5 Å². The van der Waals surface area contributed by atoms with Crippen LogP contribution in [-0.2, 0) is 10.8 Å². The number of hydrogen-bond acceptors (Lipinski definition) is 3. The molecule has 0 unspecified atom stereocenters. The Balaban J connectivity index is 2.48. The maximum absolute atomic E-state index is 11.8. The van der Waals surface area contributed by atoms with E-state index in [2.05, 4.69) is 113 Å². The van der Waals surface area contributed by atoms with Gasteiger partial charge in [-0.15, -0.1) is 0 Å². The van der Waals surface area contributed by atoms with Crippen LogP contribution in [0.5, 0.6) is 11.5 Å². The zero-order valence-electron chi connectivity index (χ0n) is 24.5. The van der Waals surface area contributed by atoms with Gasteiger partial charge in [-0.2, -0.15) is 0 Å². The van der Waals surface area contributed by atoms with Gasteiger partial charge >= 0.3 is 0 Å². The molecule has 2 N–H and O–H groups in total. The van der Waals surface area contributed by atoms with Crippen molar-refractivity contribution in [2.75, 3.05) is 0 Å². The normalized spacial score (nSPS) is 13.1. The summed E-state index contributed by atoms with van der Waals surface area (Å²) in [4.78, 5) is 4.81. The molecule has 0 aliphatic carbocycles. The molecule has 0 aliphatic heterocycles. The fraction of sp³-hybridized carbons (Fsp3) is 0.424. The molecular formula is C33H44NO2P. The highest BCUT2D eigenvalue weighted by atomic mass is 31.1. The Kier molecular flexibility index (Phi) is 8.02. The van der Waals surface area contributed by atoms with Crippen molar-refractivity contribution in [3.05, 3.63) is 76.3 Å². The minimum atomic E-state index is -1.31. The summed E-state index contributed by atoms with van der Waals surface area (Å²) in [6.45, 7) is 23.2. The van der Waals surface area contributed by atoms with E-state index in [4.69, 9.17) is 4.99 Å². The molecule has 3 aromatic rings. The van der Waals surface area contributed by atoms with E-state index in [9.17, 15) is 10.2 Å². The van der Waals surface area contributed by atoms with Crippen LogP contribution in [0.2, 0.25) is 0 Å². The van der Waals surface area contributed by atoms with Gasteiger partial charge in [-0.3, -0.25) is 4.99 Å².